The van der Waals surface area contributed by atoms with E-state index in [9.17, 15) is 4.21 Å². The largest absolute Gasteiger partial charge is 0.237 e. The molecule has 0 fully saturated rings. The summed E-state index contributed by atoms with van der Waals surface area (Å²) in [6.45, 7) is 9.45. The van der Waals surface area contributed by atoms with Crippen molar-refractivity contribution in [1.82, 2.24) is 14.7 Å². The predicted octanol–water partition coefficient (Wildman–Crippen LogP) is 4.68. The van der Waals surface area contributed by atoms with E-state index in [-0.39, 0.29) is 5.54 Å². The molecule has 2 aromatic heterocycles. The van der Waals surface area contributed by atoms with Crippen LogP contribution in [-0.4, -0.2) is 26.4 Å². The van der Waals surface area contributed by atoms with Crippen molar-refractivity contribution in [3.05, 3.63) is 35.0 Å². The molecule has 8 heteroatoms. The third-order valence-corrected chi connectivity index (χ3v) is 6.27. The summed E-state index contributed by atoms with van der Waals surface area (Å²) in [5, 5.41) is 5.44. The fourth-order valence-electron chi connectivity index (χ4n) is 2.04. The number of thiazole rings is 2. The molecule has 2 heterocycles. The van der Waals surface area contributed by atoms with Crippen LogP contribution in [0.3, 0.4) is 0 Å². The summed E-state index contributed by atoms with van der Waals surface area (Å²) >= 11 is 3.00. The molecule has 25 heavy (non-hydrogen) atoms. The number of aromatic nitrogens is 2. The molecule has 0 saturated carbocycles. The van der Waals surface area contributed by atoms with Crippen molar-refractivity contribution in [3.8, 4) is 22.0 Å². The zero-order valence-electron chi connectivity index (χ0n) is 14.1. The Morgan fingerprint density at radius 3 is 2.32 bits per heavy atom. The number of nitrogens with one attached hydrogen (secondary N) is 1. The number of benzene rings is 1. The molecule has 0 aliphatic rings. The van der Waals surface area contributed by atoms with E-state index >= 15 is 0 Å². The van der Waals surface area contributed by atoms with E-state index in [1.165, 1.54) is 11.3 Å². The van der Waals surface area contributed by atoms with Gasteiger partial charge in [-0.05, 0) is 39.6 Å². The molecule has 1 unspecified atom stereocenters. The van der Waals surface area contributed by atoms with Gasteiger partial charge < -0.3 is 0 Å². The van der Waals surface area contributed by atoms with Gasteiger partial charge in [0.15, 0.2) is 0 Å². The van der Waals surface area contributed by atoms with E-state index in [1.54, 1.807) is 11.3 Å². The molecule has 1 atom stereocenters. The molecule has 0 amide bonds. The SMILES string of the molecule is C=Nc1nc(-c2csc(-c3ccc(S(=O)NC(C)(C)C)cc3)n2)cs1. The van der Waals surface area contributed by atoms with Crippen LogP contribution in [0.2, 0.25) is 0 Å². The average molecular weight is 391 g/mol. The van der Waals surface area contributed by atoms with Crippen molar-refractivity contribution in [2.75, 3.05) is 0 Å². The van der Waals surface area contributed by atoms with Crippen LogP contribution in [0, 0.1) is 0 Å². The molecule has 0 aliphatic heterocycles. The van der Waals surface area contributed by atoms with Crippen LogP contribution < -0.4 is 4.72 Å². The highest BCUT2D eigenvalue weighted by Gasteiger charge is 2.15. The van der Waals surface area contributed by atoms with Gasteiger partial charge in [-0.2, -0.15) is 0 Å². The predicted molar refractivity (Wildman–Crippen MR) is 107 cm³/mol. The summed E-state index contributed by atoms with van der Waals surface area (Å²) in [6, 6.07) is 7.62. The molecule has 130 valence electrons. The van der Waals surface area contributed by atoms with Gasteiger partial charge in [-0.3, -0.25) is 0 Å². The second kappa shape index (κ2) is 7.25. The number of hydrogen-bond donors (Lipinski definition) is 1. The van der Waals surface area contributed by atoms with Gasteiger partial charge in [-0.25, -0.2) is 23.9 Å². The van der Waals surface area contributed by atoms with Gasteiger partial charge in [0.05, 0.1) is 4.90 Å². The van der Waals surface area contributed by atoms with Crippen molar-refractivity contribution in [2.45, 2.75) is 31.2 Å². The van der Waals surface area contributed by atoms with Crippen molar-refractivity contribution < 1.29 is 4.21 Å². The Morgan fingerprint density at radius 1 is 1.08 bits per heavy atom. The second-order valence-electron chi connectivity index (χ2n) is 6.36. The number of rotatable bonds is 5. The minimum absolute atomic E-state index is 0.208. The van der Waals surface area contributed by atoms with E-state index < -0.39 is 11.0 Å². The van der Waals surface area contributed by atoms with Crippen molar-refractivity contribution in [2.24, 2.45) is 4.99 Å². The quantitative estimate of drug-likeness (QED) is 0.643. The molecule has 0 spiro atoms. The number of aliphatic imine (C=N–C) groups is 1. The van der Waals surface area contributed by atoms with Crippen LogP contribution >= 0.6 is 22.7 Å². The highest BCUT2D eigenvalue weighted by molar-refractivity contribution is 7.83. The van der Waals surface area contributed by atoms with Gasteiger partial charge in [-0.1, -0.05) is 12.1 Å². The first-order chi connectivity index (χ1) is 11.9. The summed E-state index contributed by atoms with van der Waals surface area (Å²) in [5.74, 6) is 0. The lowest BCUT2D eigenvalue weighted by atomic mass is 10.1. The third kappa shape index (κ3) is 4.46. The van der Waals surface area contributed by atoms with Gasteiger partial charge in [0.25, 0.3) is 0 Å². The number of nitrogens with zero attached hydrogens (tertiary/aromatic N) is 3. The Kier molecular flexibility index (Phi) is 5.24. The average Bonchev–Trinajstić information content (AvgIpc) is 3.22. The molecule has 3 aromatic rings. The normalized spacial score (nSPS) is 12.9. The van der Waals surface area contributed by atoms with Crippen LogP contribution in [0.25, 0.3) is 22.0 Å². The lowest BCUT2D eigenvalue weighted by Gasteiger charge is -2.19. The first kappa shape index (κ1) is 18.1. The van der Waals surface area contributed by atoms with E-state index in [2.05, 4.69) is 26.4 Å². The van der Waals surface area contributed by atoms with Gasteiger partial charge in [0.2, 0.25) is 5.13 Å². The molecule has 5 nitrogen and oxygen atoms in total. The van der Waals surface area contributed by atoms with Crippen LogP contribution in [0.15, 0.2) is 44.9 Å². The molecule has 0 aliphatic carbocycles. The molecule has 1 N–H and O–H groups in total. The smallest absolute Gasteiger partial charge is 0.209 e. The highest BCUT2D eigenvalue weighted by atomic mass is 32.2. The fraction of sp³-hybridized carbons (Fsp3) is 0.235. The zero-order chi connectivity index (χ0) is 18.0. The van der Waals surface area contributed by atoms with E-state index in [0.29, 0.717) is 5.13 Å². The monoisotopic (exact) mass is 390 g/mol. The summed E-state index contributed by atoms with van der Waals surface area (Å²) < 4.78 is 15.4. The van der Waals surface area contributed by atoms with Gasteiger partial charge in [0, 0.05) is 21.9 Å². The Hall–Kier alpha value is -1.74. The van der Waals surface area contributed by atoms with Gasteiger partial charge >= 0.3 is 0 Å². The Labute approximate surface area is 157 Å². The molecule has 0 radical (unpaired) electrons. The van der Waals surface area contributed by atoms with Crippen LogP contribution in [-0.2, 0) is 11.0 Å². The summed E-state index contributed by atoms with van der Waals surface area (Å²) in [7, 11) is -1.23. The Bertz CT molecular complexity index is 907. The van der Waals surface area contributed by atoms with Crippen molar-refractivity contribution >= 4 is 45.5 Å². The van der Waals surface area contributed by atoms with Crippen molar-refractivity contribution in [1.29, 1.82) is 0 Å². The standard InChI is InChI=1S/C17H18N4OS3/c1-17(2,3)21-25(22)12-7-5-11(6-8-12)15-19-13(9-23-15)14-10-24-16(18-4)20-14/h5-10,21H,4H2,1-3H3. The highest BCUT2D eigenvalue weighted by Crippen LogP contribution is 2.31. The maximum absolute atomic E-state index is 12.3. The molecular weight excluding hydrogens is 372 g/mol. The van der Waals surface area contributed by atoms with Gasteiger partial charge in [0.1, 0.15) is 27.4 Å². The van der Waals surface area contributed by atoms with E-state index in [1.807, 2.05) is 55.8 Å². The van der Waals surface area contributed by atoms with Gasteiger partial charge in [-0.15, -0.1) is 22.7 Å². The minimum atomic E-state index is -1.23. The van der Waals surface area contributed by atoms with E-state index in [4.69, 9.17) is 0 Å². The summed E-state index contributed by atoms with van der Waals surface area (Å²) in [4.78, 5) is 13.6. The van der Waals surface area contributed by atoms with Crippen LogP contribution in [0.1, 0.15) is 20.8 Å². The fourth-order valence-corrected chi connectivity index (χ4v) is 4.53. The molecule has 0 saturated heterocycles. The zero-order valence-corrected chi connectivity index (χ0v) is 16.6. The second-order valence-corrected chi connectivity index (χ2v) is 9.26. The van der Waals surface area contributed by atoms with Crippen LogP contribution in [0.4, 0.5) is 5.13 Å². The maximum atomic E-state index is 12.3. The van der Waals surface area contributed by atoms with Crippen molar-refractivity contribution in [3.63, 3.8) is 0 Å². The maximum Gasteiger partial charge on any atom is 0.209 e. The topological polar surface area (TPSA) is 67.2 Å². The molecule has 1 aromatic carbocycles. The first-order valence-electron chi connectivity index (χ1n) is 7.54. The molecular formula is C17H18N4OS3. The van der Waals surface area contributed by atoms with Crippen LogP contribution in [0.5, 0.6) is 0 Å². The lowest BCUT2D eigenvalue weighted by molar-refractivity contribution is 0.519. The Balaban J connectivity index is 1.79. The Morgan fingerprint density at radius 2 is 1.72 bits per heavy atom. The third-order valence-electron chi connectivity index (χ3n) is 3.11. The lowest BCUT2D eigenvalue weighted by Crippen LogP contribution is -2.37. The summed E-state index contributed by atoms with van der Waals surface area (Å²) in [5.41, 5.74) is 2.42. The molecule has 3 rings (SSSR count). The number of hydrogen-bond acceptors (Lipinski definition) is 6. The molecule has 0 bridgehead atoms. The van der Waals surface area contributed by atoms with E-state index in [0.717, 1.165) is 26.9 Å². The first-order valence-corrected chi connectivity index (χ1v) is 10.4. The summed E-state index contributed by atoms with van der Waals surface area (Å²) in [6.07, 6.45) is 0. The minimum Gasteiger partial charge on any atom is -0.237 e.